The fourth-order valence-corrected chi connectivity index (χ4v) is 3.92. The molecule has 0 unspecified atom stereocenters. The molecule has 1 aliphatic rings. The number of furan rings is 1. The largest absolute Gasteiger partial charge is 0.504 e. The minimum Gasteiger partial charge on any atom is -0.504 e. The zero-order chi connectivity index (χ0) is 23.4. The second kappa shape index (κ2) is 7.90. The van der Waals surface area contributed by atoms with Gasteiger partial charge in [-0.2, -0.15) is 0 Å². The van der Waals surface area contributed by atoms with E-state index >= 15 is 0 Å². The van der Waals surface area contributed by atoms with Crippen molar-refractivity contribution in [3.63, 3.8) is 0 Å². The summed E-state index contributed by atoms with van der Waals surface area (Å²) in [4.78, 5) is 13.1. The Labute approximate surface area is 184 Å². The highest BCUT2D eigenvalue weighted by molar-refractivity contribution is 6.07. The van der Waals surface area contributed by atoms with Gasteiger partial charge in [-0.15, -0.1) is 0 Å². The van der Waals surface area contributed by atoms with Crippen LogP contribution >= 0.6 is 0 Å². The summed E-state index contributed by atoms with van der Waals surface area (Å²) >= 11 is 0. The summed E-state index contributed by atoms with van der Waals surface area (Å²) in [6.45, 7) is -0.595. The van der Waals surface area contributed by atoms with Crippen LogP contribution in [0.25, 0.3) is 33.1 Å². The Morgan fingerprint density at radius 3 is 2.39 bits per heavy atom. The molecule has 0 spiro atoms. The lowest BCUT2D eigenvalue weighted by molar-refractivity contribution is -0.277. The average Bonchev–Trinajstić information content (AvgIpc) is 3.15. The summed E-state index contributed by atoms with van der Waals surface area (Å²) in [6, 6.07) is 7.08. The van der Waals surface area contributed by atoms with Gasteiger partial charge in [-0.05, 0) is 18.2 Å². The van der Waals surface area contributed by atoms with E-state index in [1.54, 1.807) is 0 Å². The van der Waals surface area contributed by atoms with Crippen molar-refractivity contribution in [3.05, 3.63) is 40.6 Å². The van der Waals surface area contributed by atoms with E-state index in [9.17, 15) is 30.3 Å². The van der Waals surface area contributed by atoms with Crippen LogP contribution in [-0.2, 0) is 4.74 Å². The van der Waals surface area contributed by atoms with E-state index in [0.29, 0.717) is 5.39 Å². The molecule has 174 valence electrons. The van der Waals surface area contributed by atoms with E-state index in [0.717, 1.165) is 0 Å². The van der Waals surface area contributed by atoms with Crippen molar-refractivity contribution in [1.82, 2.24) is 0 Å². The molecule has 11 nitrogen and oxygen atoms in total. The predicted octanol–water partition coefficient (Wildman–Crippen LogP) is 0.585. The SMILES string of the molecule is COc1cc2c(cc1O)oc1oc3cc(O[C@H]4O[C@@H](CO)[C@H](O)[C@H](O)[C@@H]4O)ccc3c(=O)c12. The summed E-state index contributed by atoms with van der Waals surface area (Å²) in [7, 11) is 1.39. The van der Waals surface area contributed by atoms with Crippen LogP contribution in [0.5, 0.6) is 17.2 Å². The number of phenolic OH excluding ortho intramolecular Hbond substituents is 1. The summed E-state index contributed by atoms with van der Waals surface area (Å²) < 4.78 is 27.4. The van der Waals surface area contributed by atoms with Crippen molar-refractivity contribution in [3.8, 4) is 17.2 Å². The second-order valence-electron chi connectivity index (χ2n) is 7.69. The van der Waals surface area contributed by atoms with Crippen LogP contribution in [0.3, 0.4) is 0 Å². The molecule has 2 aromatic heterocycles. The zero-order valence-corrected chi connectivity index (χ0v) is 17.2. The Morgan fingerprint density at radius 2 is 1.70 bits per heavy atom. The van der Waals surface area contributed by atoms with Gasteiger partial charge in [-0.25, -0.2) is 0 Å². The first kappa shape index (κ1) is 21.5. The lowest BCUT2D eigenvalue weighted by atomic mass is 9.99. The minimum atomic E-state index is -1.59. The summed E-state index contributed by atoms with van der Waals surface area (Å²) in [5.41, 5.74) is -0.0285. The molecule has 4 aromatic rings. The van der Waals surface area contributed by atoms with Crippen molar-refractivity contribution in [2.75, 3.05) is 13.7 Å². The maximum atomic E-state index is 13.1. The topological polar surface area (TPSA) is 172 Å². The molecular formula is C22H20O11. The van der Waals surface area contributed by atoms with E-state index in [2.05, 4.69) is 0 Å². The van der Waals surface area contributed by atoms with Crippen LogP contribution in [0, 0.1) is 0 Å². The molecular weight excluding hydrogens is 440 g/mol. The second-order valence-corrected chi connectivity index (χ2v) is 7.69. The number of aliphatic hydroxyl groups is 4. The normalized spacial score (nSPS) is 25.7. The maximum absolute atomic E-state index is 13.1. The maximum Gasteiger partial charge on any atom is 0.302 e. The number of hydrogen-bond acceptors (Lipinski definition) is 11. The van der Waals surface area contributed by atoms with Gasteiger partial charge in [0.2, 0.25) is 11.7 Å². The van der Waals surface area contributed by atoms with Gasteiger partial charge in [-0.3, -0.25) is 4.79 Å². The summed E-state index contributed by atoms with van der Waals surface area (Å²) in [5.74, 6) is 0.0779. The highest BCUT2D eigenvalue weighted by atomic mass is 16.7. The molecule has 0 amide bonds. The van der Waals surface area contributed by atoms with Gasteiger partial charge in [0.05, 0.1) is 19.1 Å². The molecule has 0 aliphatic carbocycles. The molecule has 5 rings (SSSR count). The third kappa shape index (κ3) is 3.37. The fourth-order valence-electron chi connectivity index (χ4n) is 3.92. The number of rotatable bonds is 4. The number of methoxy groups -OCH3 is 1. The van der Waals surface area contributed by atoms with Gasteiger partial charge in [-0.1, -0.05) is 0 Å². The Balaban J connectivity index is 1.56. The minimum absolute atomic E-state index is 0.0693. The molecule has 0 bridgehead atoms. The van der Waals surface area contributed by atoms with E-state index in [1.165, 1.54) is 37.4 Å². The molecule has 0 saturated carbocycles. The van der Waals surface area contributed by atoms with Gasteiger partial charge in [0.25, 0.3) is 0 Å². The van der Waals surface area contributed by atoms with Crippen molar-refractivity contribution in [1.29, 1.82) is 0 Å². The van der Waals surface area contributed by atoms with E-state index < -0.39 is 37.3 Å². The third-order valence-electron chi connectivity index (χ3n) is 5.69. The number of aliphatic hydroxyl groups excluding tert-OH is 4. The number of hydrogen-bond donors (Lipinski definition) is 5. The quantitative estimate of drug-likeness (QED) is 0.288. The summed E-state index contributed by atoms with van der Waals surface area (Å²) in [5, 5.41) is 50.1. The average molecular weight is 460 g/mol. The van der Waals surface area contributed by atoms with Gasteiger partial charge < -0.3 is 48.6 Å². The van der Waals surface area contributed by atoms with Gasteiger partial charge in [0, 0.05) is 17.5 Å². The van der Waals surface area contributed by atoms with Crippen LogP contribution in [0.15, 0.2) is 44.0 Å². The molecule has 2 aromatic carbocycles. The molecule has 11 heteroatoms. The van der Waals surface area contributed by atoms with Gasteiger partial charge >= 0.3 is 5.78 Å². The standard InChI is InChI=1S/C22H20O11/c1-29-14-5-10-13(6-11(14)24)32-21-16(10)17(25)9-3-2-8(4-12(9)31-21)30-22-20(28)19(27)18(26)15(7-23)33-22/h2-6,15,18-20,22-24,26-28H,7H2,1H3/t15-,18-,19-,20-,22-/m0/s1. The number of aromatic hydroxyl groups is 1. The van der Waals surface area contributed by atoms with E-state index in [4.69, 9.17) is 23.0 Å². The van der Waals surface area contributed by atoms with Crippen molar-refractivity contribution in [2.45, 2.75) is 30.7 Å². The first-order valence-corrected chi connectivity index (χ1v) is 9.99. The van der Waals surface area contributed by atoms with Gasteiger partial charge in [0.15, 0.2) is 11.5 Å². The van der Waals surface area contributed by atoms with E-state index in [-0.39, 0.29) is 50.4 Å². The zero-order valence-electron chi connectivity index (χ0n) is 17.2. The molecule has 5 N–H and O–H groups in total. The number of benzene rings is 2. The highest BCUT2D eigenvalue weighted by Gasteiger charge is 2.44. The molecule has 3 heterocycles. The Morgan fingerprint density at radius 1 is 0.970 bits per heavy atom. The van der Waals surface area contributed by atoms with Crippen LogP contribution < -0.4 is 14.9 Å². The van der Waals surface area contributed by atoms with Crippen LogP contribution in [-0.4, -0.2) is 70.0 Å². The van der Waals surface area contributed by atoms with Crippen LogP contribution in [0.2, 0.25) is 0 Å². The van der Waals surface area contributed by atoms with Crippen molar-refractivity contribution in [2.24, 2.45) is 0 Å². The lowest BCUT2D eigenvalue weighted by Crippen LogP contribution is -2.60. The Hall–Kier alpha value is -3.35. The van der Waals surface area contributed by atoms with Crippen molar-refractivity contribution < 1.29 is 48.6 Å². The smallest absolute Gasteiger partial charge is 0.302 e. The third-order valence-corrected chi connectivity index (χ3v) is 5.69. The summed E-state index contributed by atoms with van der Waals surface area (Å²) in [6.07, 6.45) is -7.22. The Bertz CT molecular complexity index is 1400. The molecule has 1 aliphatic heterocycles. The lowest BCUT2D eigenvalue weighted by Gasteiger charge is -2.39. The van der Waals surface area contributed by atoms with Crippen molar-refractivity contribution >= 4 is 33.1 Å². The highest BCUT2D eigenvalue weighted by Crippen LogP contribution is 2.37. The Kier molecular flexibility index (Phi) is 5.15. The number of phenols is 1. The fraction of sp³-hybridized carbons (Fsp3) is 0.318. The van der Waals surface area contributed by atoms with Crippen LogP contribution in [0.1, 0.15) is 0 Å². The molecule has 5 atom stereocenters. The number of fused-ring (bicyclic) bond motifs is 4. The molecule has 0 radical (unpaired) electrons. The molecule has 1 saturated heterocycles. The number of ether oxygens (including phenoxy) is 3. The van der Waals surface area contributed by atoms with E-state index in [1.807, 2.05) is 0 Å². The first-order valence-electron chi connectivity index (χ1n) is 9.99. The molecule has 1 fully saturated rings. The first-order chi connectivity index (χ1) is 15.8. The molecule has 33 heavy (non-hydrogen) atoms. The van der Waals surface area contributed by atoms with Gasteiger partial charge in [0.1, 0.15) is 46.7 Å². The predicted molar refractivity (Wildman–Crippen MR) is 112 cm³/mol. The van der Waals surface area contributed by atoms with Crippen LogP contribution in [0.4, 0.5) is 0 Å². The monoisotopic (exact) mass is 460 g/mol.